The van der Waals surface area contributed by atoms with Crippen molar-refractivity contribution >= 4 is 5.96 Å². The summed E-state index contributed by atoms with van der Waals surface area (Å²) in [6, 6.07) is 3.59. The predicted molar refractivity (Wildman–Crippen MR) is 113 cm³/mol. The van der Waals surface area contributed by atoms with Crippen molar-refractivity contribution in [1.82, 2.24) is 30.3 Å². The molecular weight excluding hydrogens is 388 g/mol. The van der Waals surface area contributed by atoms with E-state index >= 15 is 0 Å². The summed E-state index contributed by atoms with van der Waals surface area (Å²) in [4.78, 5) is 11.0. The van der Waals surface area contributed by atoms with E-state index in [1.54, 1.807) is 19.0 Å². The summed E-state index contributed by atoms with van der Waals surface area (Å²) >= 11 is 0. The molecule has 7 nitrogen and oxygen atoms in total. The number of rotatable bonds is 7. The number of halogens is 2. The molecule has 2 aromatic rings. The lowest BCUT2D eigenvalue weighted by atomic mass is 10.0. The summed E-state index contributed by atoms with van der Waals surface area (Å²) in [5.41, 5.74) is 0.0408. The topological polar surface area (TPSA) is 70.4 Å². The van der Waals surface area contributed by atoms with E-state index in [0.29, 0.717) is 19.0 Å². The number of benzene rings is 1. The highest BCUT2D eigenvalue weighted by molar-refractivity contribution is 5.80. The molecule has 2 atom stereocenters. The highest BCUT2D eigenvalue weighted by Gasteiger charge is 2.24. The van der Waals surface area contributed by atoms with Crippen molar-refractivity contribution in [3.05, 3.63) is 47.0 Å². The van der Waals surface area contributed by atoms with Crippen molar-refractivity contribution in [1.29, 1.82) is 0 Å². The van der Waals surface area contributed by atoms with Gasteiger partial charge in [0, 0.05) is 31.0 Å². The first kappa shape index (κ1) is 22.1. The first-order valence-corrected chi connectivity index (χ1v) is 10.5. The van der Waals surface area contributed by atoms with Crippen LogP contribution in [-0.4, -0.2) is 58.9 Å². The quantitative estimate of drug-likeness (QED) is 0.532. The Bertz CT molecular complexity index is 858. The number of aryl methyl sites for hydroxylation is 2. The highest BCUT2D eigenvalue weighted by atomic mass is 19.1. The summed E-state index contributed by atoms with van der Waals surface area (Å²) in [6.45, 7) is 5.66. The van der Waals surface area contributed by atoms with Crippen molar-refractivity contribution in [2.24, 2.45) is 4.99 Å². The molecule has 9 heteroatoms. The monoisotopic (exact) mass is 419 g/mol. The van der Waals surface area contributed by atoms with Crippen LogP contribution in [0.25, 0.3) is 0 Å². The van der Waals surface area contributed by atoms with E-state index in [0.717, 1.165) is 30.9 Å². The maximum Gasteiger partial charge on any atom is 0.191 e. The van der Waals surface area contributed by atoms with Crippen LogP contribution in [0.4, 0.5) is 8.78 Å². The molecule has 0 saturated heterocycles. The molecule has 2 unspecified atom stereocenters. The largest absolute Gasteiger partial charge is 0.357 e. The molecule has 0 aliphatic carbocycles. The lowest BCUT2D eigenvalue weighted by Gasteiger charge is -2.27. The van der Waals surface area contributed by atoms with Gasteiger partial charge in [0.1, 0.15) is 17.5 Å². The number of hydrogen-bond donors (Lipinski definition) is 2. The number of guanidine groups is 1. The third-order valence-corrected chi connectivity index (χ3v) is 5.28. The van der Waals surface area contributed by atoms with Gasteiger partial charge >= 0.3 is 0 Å². The van der Waals surface area contributed by atoms with Gasteiger partial charge in [-0.15, -0.1) is 0 Å². The minimum atomic E-state index is -0.556. The van der Waals surface area contributed by atoms with Crippen molar-refractivity contribution in [2.45, 2.75) is 51.7 Å². The van der Waals surface area contributed by atoms with Crippen LogP contribution in [0.2, 0.25) is 0 Å². The van der Waals surface area contributed by atoms with E-state index < -0.39 is 17.7 Å². The number of aliphatic imine (C=N–C) groups is 1. The molecule has 0 spiro atoms. The van der Waals surface area contributed by atoms with Crippen LogP contribution in [0.1, 0.15) is 43.5 Å². The van der Waals surface area contributed by atoms with Crippen LogP contribution >= 0.6 is 0 Å². The third kappa shape index (κ3) is 5.13. The van der Waals surface area contributed by atoms with Gasteiger partial charge in [-0.2, -0.15) is 5.10 Å². The number of hydrogen-bond acceptors (Lipinski definition) is 4. The van der Waals surface area contributed by atoms with Gasteiger partial charge < -0.3 is 15.5 Å². The fourth-order valence-electron chi connectivity index (χ4n) is 3.66. The third-order valence-electron chi connectivity index (χ3n) is 5.28. The number of nitrogens with one attached hydrogen (secondary N) is 2. The van der Waals surface area contributed by atoms with Crippen LogP contribution in [0.5, 0.6) is 0 Å². The Morgan fingerprint density at radius 2 is 2.03 bits per heavy atom. The lowest BCUT2D eigenvalue weighted by Crippen LogP contribution is -2.47. The Morgan fingerprint density at radius 3 is 2.67 bits per heavy atom. The second kappa shape index (κ2) is 9.97. The smallest absolute Gasteiger partial charge is 0.191 e. The van der Waals surface area contributed by atoms with Gasteiger partial charge in [0.15, 0.2) is 11.8 Å². The van der Waals surface area contributed by atoms with Crippen molar-refractivity contribution in [2.75, 3.05) is 27.2 Å². The molecule has 1 aromatic carbocycles. The van der Waals surface area contributed by atoms with Crippen molar-refractivity contribution < 1.29 is 8.78 Å². The van der Waals surface area contributed by atoms with Gasteiger partial charge in [0.05, 0.1) is 19.1 Å². The van der Waals surface area contributed by atoms with E-state index in [4.69, 9.17) is 0 Å². The average molecular weight is 420 g/mol. The molecule has 30 heavy (non-hydrogen) atoms. The maximum absolute atomic E-state index is 14.3. The van der Waals surface area contributed by atoms with Crippen LogP contribution in [0, 0.1) is 11.6 Å². The van der Waals surface area contributed by atoms with Gasteiger partial charge in [0.2, 0.25) is 0 Å². The second-order valence-corrected chi connectivity index (χ2v) is 7.69. The first-order chi connectivity index (χ1) is 14.4. The Morgan fingerprint density at radius 1 is 1.30 bits per heavy atom. The summed E-state index contributed by atoms with van der Waals surface area (Å²) in [6.07, 6.45) is 2.59. The molecule has 164 valence electrons. The number of nitrogens with zero attached hydrogens (tertiary/aromatic N) is 5. The average Bonchev–Trinajstić information content (AvgIpc) is 3.12. The van der Waals surface area contributed by atoms with Crippen LogP contribution in [0.3, 0.4) is 0 Å². The zero-order valence-electron chi connectivity index (χ0n) is 18.1. The molecule has 3 rings (SSSR count). The minimum absolute atomic E-state index is 0.0408. The van der Waals surface area contributed by atoms with Gasteiger partial charge in [-0.25, -0.2) is 18.4 Å². The van der Waals surface area contributed by atoms with E-state index in [1.807, 2.05) is 18.5 Å². The molecule has 0 bridgehead atoms. The number of aromatic nitrogens is 3. The zero-order chi connectivity index (χ0) is 21.7. The Hall–Kier alpha value is -2.55. The summed E-state index contributed by atoms with van der Waals surface area (Å²) in [5.74, 6) is 1.41. The van der Waals surface area contributed by atoms with Crippen LogP contribution < -0.4 is 10.6 Å². The summed E-state index contributed by atoms with van der Waals surface area (Å²) in [7, 11) is 3.59. The van der Waals surface area contributed by atoms with Gasteiger partial charge in [-0.1, -0.05) is 13.0 Å². The Balaban J connectivity index is 1.73. The van der Waals surface area contributed by atoms with E-state index in [-0.39, 0.29) is 18.2 Å². The van der Waals surface area contributed by atoms with Crippen molar-refractivity contribution in [3.8, 4) is 0 Å². The maximum atomic E-state index is 14.3. The SMILES string of the molecule is CCNC(=NCC(c1c(F)cccc1F)N(C)C)NC1CCc2nc(CC)nn2C1. The fourth-order valence-corrected chi connectivity index (χ4v) is 3.66. The first-order valence-electron chi connectivity index (χ1n) is 10.5. The van der Waals surface area contributed by atoms with Crippen LogP contribution in [0.15, 0.2) is 23.2 Å². The normalized spacial score (nSPS) is 17.7. The number of likely N-dealkylation sites (N-methyl/N-ethyl adjacent to an activating group) is 1. The predicted octanol–water partition coefficient (Wildman–Crippen LogP) is 2.29. The minimum Gasteiger partial charge on any atom is -0.357 e. The molecule has 0 amide bonds. The van der Waals surface area contributed by atoms with E-state index in [9.17, 15) is 8.78 Å². The fraction of sp³-hybridized carbons (Fsp3) is 0.571. The highest BCUT2D eigenvalue weighted by Crippen LogP contribution is 2.24. The molecule has 0 fully saturated rings. The van der Waals surface area contributed by atoms with E-state index in [2.05, 4.69) is 25.7 Å². The second-order valence-electron chi connectivity index (χ2n) is 7.69. The van der Waals surface area contributed by atoms with Gasteiger partial charge in [0.25, 0.3) is 0 Å². The molecule has 1 aliphatic heterocycles. The van der Waals surface area contributed by atoms with Gasteiger partial charge in [-0.05, 0) is 39.6 Å². The molecule has 0 saturated carbocycles. The van der Waals surface area contributed by atoms with Gasteiger partial charge in [-0.3, -0.25) is 4.99 Å². The van der Waals surface area contributed by atoms with E-state index in [1.165, 1.54) is 18.2 Å². The molecular formula is C21H31F2N7. The molecule has 1 aliphatic rings. The Labute approximate surface area is 176 Å². The zero-order valence-corrected chi connectivity index (χ0v) is 18.1. The molecule has 0 radical (unpaired) electrons. The summed E-state index contributed by atoms with van der Waals surface area (Å²) in [5, 5.41) is 11.2. The number of fused-ring (bicyclic) bond motifs is 1. The molecule has 1 aromatic heterocycles. The summed E-state index contributed by atoms with van der Waals surface area (Å²) < 4.78 is 30.6. The Kier molecular flexibility index (Phi) is 7.36. The van der Waals surface area contributed by atoms with Crippen LogP contribution in [-0.2, 0) is 19.4 Å². The molecule has 2 N–H and O–H groups in total. The standard InChI is InChI=1S/C21H31F2N7/c1-5-18-27-19-11-10-14(13-30(19)28-18)26-21(24-6-2)25-12-17(29(3)4)20-15(22)8-7-9-16(20)23/h7-9,14,17H,5-6,10-13H2,1-4H3,(H2,24,25,26). The lowest BCUT2D eigenvalue weighted by molar-refractivity contribution is 0.289. The molecule has 2 heterocycles. The van der Waals surface area contributed by atoms with Crippen molar-refractivity contribution in [3.63, 3.8) is 0 Å².